The lowest BCUT2D eigenvalue weighted by molar-refractivity contribution is 0.00955. The van der Waals surface area contributed by atoms with Gasteiger partial charge in [-0.25, -0.2) is 4.98 Å². The third kappa shape index (κ3) is 4.12. The number of nitrogens with zero attached hydrogens (tertiary/aromatic N) is 4. The first-order valence-corrected chi connectivity index (χ1v) is 9.91. The van der Waals surface area contributed by atoms with Gasteiger partial charge in [0.05, 0.1) is 24.3 Å². The molecule has 0 amide bonds. The maximum Gasteiger partial charge on any atom is 0.243 e. The van der Waals surface area contributed by atoms with Crippen molar-refractivity contribution in [3.05, 3.63) is 41.7 Å². The lowest BCUT2D eigenvalue weighted by atomic mass is 10.1. The zero-order chi connectivity index (χ0) is 22.0. The van der Waals surface area contributed by atoms with Gasteiger partial charge < -0.3 is 30.1 Å². The zero-order valence-corrected chi connectivity index (χ0v) is 16.8. The van der Waals surface area contributed by atoms with E-state index in [9.17, 15) is 15.3 Å². The van der Waals surface area contributed by atoms with Crippen LogP contribution in [0.2, 0.25) is 0 Å². The van der Waals surface area contributed by atoms with E-state index in [1.54, 1.807) is 36.1 Å². The normalized spacial score (nSPS) is 26.9. The Balaban J connectivity index is 1.58. The number of hydrogen-bond donors (Lipinski definition) is 5. The first-order valence-electron chi connectivity index (χ1n) is 9.91. The molecule has 1 aromatic carbocycles. The number of aromatic nitrogens is 2. The molecule has 0 bridgehead atoms. The molecule has 164 valence electrons. The molecule has 2 aliphatic rings. The Morgan fingerprint density at radius 2 is 2.03 bits per heavy atom. The second-order valence-corrected chi connectivity index (χ2v) is 7.32. The first-order chi connectivity index (χ1) is 15.0. The smallest absolute Gasteiger partial charge is 0.243 e. The molecule has 0 spiro atoms. The molecule has 0 aliphatic carbocycles. The average molecular weight is 428 g/mol. The lowest BCUT2D eigenvalue weighted by Crippen LogP contribution is -2.56. The van der Waals surface area contributed by atoms with E-state index < -0.39 is 30.8 Å². The Bertz CT molecular complexity index is 952. The molecule has 4 rings (SSSR count). The Kier molecular flexibility index (Phi) is 6.17. The maximum atomic E-state index is 10.5. The molecule has 3 heterocycles. The summed E-state index contributed by atoms with van der Waals surface area (Å²) in [6, 6.07) is 9.10. The van der Waals surface area contributed by atoms with Crippen LogP contribution in [0.3, 0.4) is 0 Å². The predicted molar refractivity (Wildman–Crippen MR) is 109 cm³/mol. The van der Waals surface area contributed by atoms with Gasteiger partial charge >= 0.3 is 0 Å². The summed E-state index contributed by atoms with van der Waals surface area (Å²) >= 11 is 0. The molecular formula is C20H24N6O5. The van der Waals surface area contributed by atoms with Crippen molar-refractivity contribution in [2.24, 2.45) is 0 Å². The highest BCUT2D eigenvalue weighted by Gasteiger charge is 2.49. The van der Waals surface area contributed by atoms with Crippen LogP contribution in [0.15, 0.2) is 30.6 Å². The van der Waals surface area contributed by atoms with Crippen LogP contribution < -0.4 is 20.3 Å². The van der Waals surface area contributed by atoms with E-state index in [4.69, 9.17) is 14.7 Å². The van der Waals surface area contributed by atoms with Gasteiger partial charge in [0.2, 0.25) is 5.88 Å². The molecule has 2 aliphatic heterocycles. The number of fused-ring (bicyclic) bond motifs is 1. The first kappa shape index (κ1) is 21.2. The third-order valence-electron chi connectivity index (χ3n) is 5.26. The van der Waals surface area contributed by atoms with E-state index in [2.05, 4.69) is 26.7 Å². The van der Waals surface area contributed by atoms with Gasteiger partial charge in [-0.05, 0) is 24.6 Å². The fourth-order valence-corrected chi connectivity index (χ4v) is 3.62. The van der Waals surface area contributed by atoms with Gasteiger partial charge in [-0.2, -0.15) is 10.2 Å². The van der Waals surface area contributed by atoms with Crippen LogP contribution in [0.5, 0.6) is 5.88 Å². The van der Waals surface area contributed by atoms with E-state index in [-0.39, 0.29) is 19.8 Å². The van der Waals surface area contributed by atoms with Crippen LogP contribution in [-0.2, 0) is 11.3 Å². The van der Waals surface area contributed by atoms with Gasteiger partial charge in [0, 0.05) is 6.54 Å². The van der Waals surface area contributed by atoms with E-state index in [1.165, 1.54) is 6.33 Å². The van der Waals surface area contributed by atoms with Crippen LogP contribution in [-0.4, -0.2) is 69.3 Å². The number of benzene rings is 1. The van der Waals surface area contributed by atoms with Gasteiger partial charge in [0.15, 0.2) is 18.3 Å². The molecule has 11 nitrogen and oxygen atoms in total. The minimum absolute atomic E-state index is 0.0940. The van der Waals surface area contributed by atoms with Gasteiger partial charge in [-0.3, -0.25) is 10.2 Å². The van der Waals surface area contributed by atoms with Crippen molar-refractivity contribution in [1.82, 2.24) is 15.3 Å². The second-order valence-electron chi connectivity index (χ2n) is 7.32. The monoisotopic (exact) mass is 428 g/mol. The standard InChI is InChI=1S/C20H24N6O5/c1-11-15(28)16(29)19(31-11)26-17-14(25-20(26)22-6-7-27)18(24-10-23-17)30-9-13-4-2-12(8-21)3-5-13/h2-5,10-11,15-16,19-20,22,25,27-29H,6-7,9H2,1H3/t11-,15-,16-,19-,20?/m1/s1. The Hall–Kier alpha value is -3.01. The molecule has 11 heteroatoms. The number of anilines is 2. The van der Waals surface area contributed by atoms with Crippen molar-refractivity contribution in [3.63, 3.8) is 0 Å². The number of aliphatic hydroxyl groups excluding tert-OH is 3. The van der Waals surface area contributed by atoms with Crippen molar-refractivity contribution < 1.29 is 24.8 Å². The highest BCUT2D eigenvalue weighted by Crippen LogP contribution is 2.41. The minimum Gasteiger partial charge on any atom is -0.471 e. The largest absolute Gasteiger partial charge is 0.471 e. The van der Waals surface area contributed by atoms with Crippen LogP contribution in [0, 0.1) is 11.3 Å². The summed E-state index contributed by atoms with van der Waals surface area (Å²) in [5.74, 6) is 0.736. The number of aliphatic hydroxyl groups is 3. The Morgan fingerprint density at radius 1 is 1.26 bits per heavy atom. The summed E-state index contributed by atoms with van der Waals surface area (Å²) in [5, 5.41) is 45.1. The third-order valence-corrected chi connectivity index (χ3v) is 5.26. The highest BCUT2D eigenvalue weighted by molar-refractivity contribution is 5.76. The van der Waals surface area contributed by atoms with Gasteiger partial charge in [0.25, 0.3) is 0 Å². The van der Waals surface area contributed by atoms with Gasteiger partial charge in [-0.15, -0.1) is 0 Å². The summed E-state index contributed by atoms with van der Waals surface area (Å²) in [6.07, 6.45) is -2.85. The summed E-state index contributed by atoms with van der Waals surface area (Å²) in [6.45, 7) is 2.09. The Morgan fingerprint density at radius 3 is 2.68 bits per heavy atom. The topological polar surface area (TPSA) is 156 Å². The van der Waals surface area contributed by atoms with Crippen molar-refractivity contribution >= 4 is 11.5 Å². The average Bonchev–Trinajstić information content (AvgIpc) is 3.28. The predicted octanol–water partition coefficient (Wildman–Crippen LogP) is -0.509. The molecule has 1 unspecified atom stereocenters. The number of ether oxygens (including phenoxy) is 2. The molecule has 2 aromatic rings. The molecule has 1 fully saturated rings. The summed E-state index contributed by atoms with van der Waals surface area (Å²) in [4.78, 5) is 10.2. The maximum absolute atomic E-state index is 10.5. The fraction of sp³-hybridized carbons (Fsp3) is 0.450. The highest BCUT2D eigenvalue weighted by atomic mass is 16.6. The van der Waals surface area contributed by atoms with Crippen molar-refractivity contribution in [3.8, 4) is 11.9 Å². The second kappa shape index (κ2) is 9.01. The van der Waals surface area contributed by atoms with Crippen LogP contribution in [0.4, 0.5) is 11.5 Å². The number of nitriles is 1. The molecular weight excluding hydrogens is 404 g/mol. The molecule has 5 N–H and O–H groups in total. The number of rotatable bonds is 7. The zero-order valence-electron chi connectivity index (χ0n) is 16.8. The van der Waals surface area contributed by atoms with Crippen molar-refractivity contribution in [2.45, 2.75) is 44.4 Å². The Labute approximate surface area is 178 Å². The van der Waals surface area contributed by atoms with Crippen molar-refractivity contribution in [1.29, 1.82) is 5.26 Å². The van der Waals surface area contributed by atoms with E-state index in [1.807, 2.05) is 0 Å². The molecule has 1 aromatic heterocycles. The number of nitrogens with one attached hydrogen (secondary N) is 2. The SMILES string of the molecule is C[C@H]1O[C@@H](N2c3ncnc(OCc4ccc(C#N)cc4)c3NC2NCCO)[C@H](O)[C@@H]1O. The van der Waals surface area contributed by atoms with E-state index in [0.29, 0.717) is 22.9 Å². The molecule has 31 heavy (non-hydrogen) atoms. The van der Waals surface area contributed by atoms with E-state index >= 15 is 0 Å². The molecule has 5 atom stereocenters. The van der Waals surface area contributed by atoms with Crippen LogP contribution in [0.1, 0.15) is 18.1 Å². The van der Waals surface area contributed by atoms with Crippen LogP contribution in [0.25, 0.3) is 0 Å². The van der Waals surface area contributed by atoms with E-state index in [0.717, 1.165) is 5.56 Å². The van der Waals surface area contributed by atoms with Gasteiger partial charge in [0.1, 0.15) is 30.8 Å². The lowest BCUT2D eigenvalue weighted by Gasteiger charge is -2.32. The summed E-state index contributed by atoms with van der Waals surface area (Å²) in [5.41, 5.74) is 1.92. The fourth-order valence-electron chi connectivity index (χ4n) is 3.62. The van der Waals surface area contributed by atoms with Crippen molar-refractivity contribution in [2.75, 3.05) is 23.4 Å². The molecule has 0 radical (unpaired) electrons. The quantitative estimate of drug-likeness (QED) is 0.387. The molecule has 0 saturated carbocycles. The molecule has 1 saturated heterocycles. The number of hydrogen-bond acceptors (Lipinski definition) is 11. The summed E-state index contributed by atoms with van der Waals surface area (Å²) in [7, 11) is 0. The minimum atomic E-state index is -1.15. The van der Waals surface area contributed by atoms with Crippen LogP contribution >= 0.6 is 0 Å². The van der Waals surface area contributed by atoms with Gasteiger partial charge in [-0.1, -0.05) is 12.1 Å². The summed E-state index contributed by atoms with van der Waals surface area (Å²) < 4.78 is 11.7.